The summed E-state index contributed by atoms with van der Waals surface area (Å²) < 4.78 is 22.4. The molecule has 0 fully saturated rings. The molecule has 31 heavy (non-hydrogen) atoms. The third-order valence-corrected chi connectivity index (χ3v) is 5.55. The summed E-state index contributed by atoms with van der Waals surface area (Å²) >= 11 is 0. The summed E-state index contributed by atoms with van der Waals surface area (Å²) in [5.41, 5.74) is 5.60. The van der Waals surface area contributed by atoms with Gasteiger partial charge in [0.15, 0.2) is 0 Å². The van der Waals surface area contributed by atoms with E-state index in [9.17, 15) is 0 Å². The molecule has 0 N–H and O–H groups in total. The van der Waals surface area contributed by atoms with E-state index in [4.69, 9.17) is 23.9 Å². The molecule has 2 aromatic carbocycles. The van der Waals surface area contributed by atoms with Gasteiger partial charge in [0.25, 0.3) is 0 Å². The van der Waals surface area contributed by atoms with Crippen LogP contribution in [0.4, 0.5) is 5.69 Å². The van der Waals surface area contributed by atoms with E-state index in [-0.39, 0.29) is 0 Å². The quantitative estimate of drug-likeness (QED) is 0.469. The first-order valence-corrected chi connectivity index (χ1v) is 10.5. The van der Waals surface area contributed by atoms with Crippen molar-refractivity contribution in [3.63, 3.8) is 0 Å². The number of hydrogen-bond donors (Lipinski definition) is 0. The predicted octanol–water partition coefficient (Wildman–Crippen LogP) is 5.23. The maximum Gasteiger partial charge on any atom is 0.145 e. The van der Waals surface area contributed by atoms with E-state index in [1.54, 1.807) is 28.4 Å². The highest BCUT2D eigenvalue weighted by molar-refractivity contribution is 5.98. The van der Waals surface area contributed by atoms with E-state index in [0.29, 0.717) is 18.1 Å². The number of methoxy groups -OCH3 is 4. The van der Waals surface area contributed by atoms with Gasteiger partial charge in [-0.3, -0.25) is 0 Å². The van der Waals surface area contributed by atoms with Crippen LogP contribution in [-0.4, -0.2) is 46.5 Å². The van der Waals surface area contributed by atoms with Gasteiger partial charge in [-0.05, 0) is 62.2 Å². The Hall–Kier alpha value is -2.99. The van der Waals surface area contributed by atoms with E-state index in [0.717, 1.165) is 57.8 Å². The van der Waals surface area contributed by atoms with Gasteiger partial charge in [0, 0.05) is 31.3 Å². The van der Waals surface area contributed by atoms with Crippen LogP contribution < -0.4 is 19.1 Å². The summed E-state index contributed by atoms with van der Waals surface area (Å²) in [4.78, 5) is 7.40. The van der Waals surface area contributed by atoms with Gasteiger partial charge in [-0.15, -0.1) is 0 Å². The number of ether oxygens (including phenoxy) is 4. The minimum Gasteiger partial charge on any atom is -0.496 e. The molecular weight excluding hydrogens is 392 g/mol. The molecular formula is C25H32N2O4. The maximum atomic E-state index is 5.73. The Balaban J connectivity index is 2.33. The Morgan fingerprint density at radius 3 is 1.97 bits per heavy atom. The van der Waals surface area contributed by atoms with Crippen LogP contribution in [0.25, 0.3) is 22.2 Å². The van der Waals surface area contributed by atoms with Gasteiger partial charge >= 0.3 is 0 Å². The van der Waals surface area contributed by atoms with E-state index >= 15 is 0 Å². The van der Waals surface area contributed by atoms with Crippen molar-refractivity contribution >= 4 is 16.6 Å². The second-order valence-electron chi connectivity index (χ2n) is 7.32. The lowest BCUT2D eigenvalue weighted by molar-refractivity contribution is 0.184. The molecule has 0 atom stereocenters. The fourth-order valence-electron chi connectivity index (χ4n) is 4.03. The lowest BCUT2D eigenvalue weighted by Crippen LogP contribution is -2.22. The van der Waals surface area contributed by atoms with Crippen molar-refractivity contribution in [3.8, 4) is 28.5 Å². The van der Waals surface area contributed by atoms with E-state index in [1.165, 1.54) is 0 Å². The van der Waals surface area contributed by atoms with Crippen LogP contribution in [0.3, 0.4) is 0 Å². The van der Waals surface area contributed by atoms with Crippen LogP contribution in [0.2, 0.25) is 0 Å². The summed E-state index contributed by atoms with van der Waals surface area (Å²) in [6.45, 7) is 8.69. The molecule has 0 saturated heterocycles. The highest BCUT2D eigenvalue weighted by Crippen LogP contribution is 2.43. The van der Waals surface area contributed by atoms with E-state index in [1.807, 2.05) is 18.2 Å². The molecule has 0 unspecified atom stereocenters. The fraction of sp³-hybridized carbons (Fsp3) is 0.400. The van der Waals surface area contributed by atoms with Crippen molar-refractivity contribution in [2.24, 2.45) is 0 Å². The monoisotopic (exact) mass is 424 g/mol. The standard InChI is InChI=1S/C25H32N2O4/c1-8-27(9-2)19-10-11-20(29-5)25-18(19)12-16(3)24(26-25)23-21(30-6)13-17(15-28-4)14-22(23)31-7/h10-14H,8-9,15H2,1-7H3. The molecule has 0 aliphatic heterocycles. The maximum absolute atomic E-state index is 5.73. The topological polar surface area (TPSA) is 53.1 Å². The molecule has 0 amide bonds. The minimum absolute atomic E-state index is 0.470. The number of nitrogens with zero attached hydrogens (tertiary/aromatic N) is 2. The Bertz CT molecular complexity index is 1040. The van der Waals surface area contributed by atoms with Crippen LogP contribution in [0.5, 0.6) is 17.2 Å². The van der Waals surface area contributed by atoms with E-state index < -0.39 is 0 Å². The second-order valence-corrected chi connectivity index (χ2v) is 7.32. The molecule has 6 heteroatoms. The third kappa shape index (κ3) is 4.26. The number of fused-ring (bicyclic) bond motifs is 1. The summed E-state index contributed by atoms with van der Waals surface area (Å²) in [5, 5.41) is 1.07. The summed E-state index contributed by atoms with van der Waals surface area (Å²) in [5.74, 6) is 2.13. The first kappa shape index (κ1) is 22.7. The SMILES string of the molecule is CCN(CC)c1ccc(OC)c2nc(-c3c(OC)cc(COC)cc3OC)c(C)cc12. The molecule has 1 heterocycles. The zero-order chi connectivity index (χ0) is 22.5. The van der Waals surface area contributed by atoms with Gasteiger partial charge in [-0.1, -0.05) is 0 Å². The number of pyridine rings is 1. The zero-order valence-corrected chi connectivity index (χ0v) is 19.5. The number of aromatic nitrogens is 1. The van der Waals surface area contributed by atoms with Crippen LogP contribution in [0.15, 0.2) is 30.3 Å². The first-order valence-electron chi connectivity index (χ1n) is 10.5. The van der Waals surface area contributed by atoms with Crippen molar-refractivity contribution in [1.29, 1.82) is 0 Å². The Labute approximate surface area is 184 Å². The van der Waals surface area contributed by atoms with Gasteiger partial charge in [0.1, 0.15) is 22.8 Å². The summed E-state index contributed by atoms with van der Waals surface area (Å²) in [6.07, 6.45) is 0. The summed E-state index contributed by atoms with van der Waals surface area (Å²) in [6, 6.07) is 10.2. The lowest BCUT2D eigenvalue weighted by Gasteiger charge is -2.24. The average molecular weight is 425 g/mol. The van der Waals surface area contributed by atoms with Gasteiger partial charge in [0.05, 0.1) is 39.2 Å². The van der Waals surface area contributed by atoms with Crippen molar-refractivity contribution in [3.05, 3.63) is 41.5 Å². The normalized spacial score (nSPS) is 10.9. The highest BCUT2D eigenvalue weighted by Gasteiger charge is 2.21. The Morgan fingerprint density at radius 1 is 0.839 bits per heavy atom. The van der Waals surface area contributed by atoms with Crippen molar-refractivity contribution in [1.82, 2.24) is 4.98 Å². The molecule has 3 rings (SSSR count). The predicted molar refractivity (Wildman–Crippen MR) is 126 cm³/mol. The number of aryl methyl sites for hydroxylation is 1. The molecule has 0 saturated carbocycles. The van der Waals surface area contributed by atoms with Gasteiger partial charge in [-0.2, -0.15) is 0 Å². The largest absolute Gasteiger partial charge is 0.496 e. The number of benzene rings is 2. The van der Waals surface area contributed by atoms with Crippen molar-refractivity contribution < 1.29 is 18.9 Å². The molecule has 0 aliphatic rings. The molecule has 6 nitrogen and oxygen atoms in total. The first-order chi connectivity index (χ1) is 15.0. The number of hydrogen-bond acceptors (Lipinski definition) is 6. The van der Waals surface area contributed by atoms with Crippen LogP contribution in [0, 0.1) is 6.92 Å². The minimum atomic E-state index is 0.470. The molecule has 3 aromatic rings. The molecule has 166 valence electrons. The van der Waals surface area contributed by atoms with Gasteiger partial charge < -0.3 is 23.8 Å². The number of anilines is 1. The van der Waals surface area contributed by atoms with Gasteiger partial charge in [0.2, 0.25) is 0 Å². The van der Waals surface area contributed by atoms with Crippen molar-refractivity contribution in [2.75, 3.05) is 46.4 Å². The fourth-order valence-corrected chi connectivity index (χ4v) is 4.03. The van der Waals surface area contributed by atoms with Crippen LogP contribution >= 0.6 is 0 Å². The third-order valence-electron chi connectivity index (χ3n) is 5.55. The summed E-state index contributed by atoms with van der Waals surface area (Å²) in [7, 11) is 6.66. The molecule has 0 bridgehead atoms. The molecule has 0 radical (unpaired) electrons. The number of rotatable bonds is 9. The Morgan fingerprint density at radius 2 is 1.45 bits per heavy atom. The van der Waals surface area contributed by atoms with E-state index in [2.05, 4.69) is 37.8 Å². The second kappa shape index (κ2) is 9.88. The van der Waals surface area contributed by atoms with Crippen molar-refractivity contribution in [2.45, 2.75) is 27.4 Å². The smallest absolute Gasteiger partial charge is 0.145 e. The Kier molecular flexibility index (Phi) is 7.23. The van der Waals surface area contributed by atoms with Crippen LogP contribution in [0.1, 0.15) is 25.0 Å². The molecule has 0 spiro atoms. The molecule has 0 aliphatic carbocycles. The lowest BCUT2D eigenvalue weighted by atomic mass is 9.99. The highest BCUT2D eigenvalue weighted by atomic mass is 16.5. The van der Waals surface area contributed by atoms with Crippen LogP contribution in [-0.2, 0) is 11.3 Å². The molecule has 1 aromatic heterocycles. The van der Waals surface area contributed by atoms with Gasteiger partial charge in [-0.25, -0.2) is 4.98 Å². The zero-order valence-electron chi connectivity index (χ0n) is 19.5. The average Bonchev–Trinajstić information content (AvgIpc) is 2.79.